The second-order valence-corrected chi connectivity index (χ2v) is 4.40. The molecule has 3 heterocycles. The first-order valence-electron chi connectivity index (χ1n) is 5.77. The molecule has 0 aromatic carbocycles. The quantitative estimate of drug-likeness (QED) is 0.758. The van der Waals surface area contributed by atoms with Crippen molar-refractivity contribution in [2.45, 2.75) is 6.92 Å². The van der Waals surface area contributed by atoms with Crippen LogP contribution in [0.2, 0.25) is 0 Å². The van der Waals surface area contributed by atoms with Crippen LogP contribution in [-0.2, 0) is 7.05 Å². The molecule has 6 heteroatoms. The number of nitrogens with zero attached hydrogens (tertiary/aromatic N) is 4. The second kappa shape index (κ2) is 3.94. The number of rotatable bonds is 2. The number of fused-ring (bicyclic) bond motifs is 1. The number of carbonyl (C=O) groups is 1. The first-order valence-corrected chi connectivity index (χ1v) is 5.77. The van der Waals surface area contributed by atoms with Crippen LogP contribution >= 0.6 is 0 Å². The third-order valence-electron chi connectivity index (χ3n) is 3.15. The maximum atomic E-state index is 11.0. The number of hydrogen-bond donors (Lipinski definition) is 1. The Morgan fingerprint density at radius 2 is 2.11 bits per heavy atom. The van der Waals surface area contributed by atoms with E-state index in [9.17, 15) is 4.79 Å². The monoisotopic (exact) mass is 256 g/mol. The van der Waals surface area contributed by atoms with Gasteiger partial charge in [0, 0.05) is 25.0 Å². The van der Waals surface area contributed by atoms with Crippen LogP contribution in [0.3, 0.4) is 0 Å². The molecule has 3 aromatic rings. The minimum atomic E-state index is -0.976. The SMILES string of the molecule is Cc1nc(-c2ccc3c(C(=O)O)cnn3c2)cn1C. The number of pyridine rings is 1. The molecule has 0 spiro atoms. The molecule has 0 saturated carbocycles. The lowest BCUT2D eigenvalue weighted by molar-refractivity contribution is 0.0699. The van der Waals surface area contributed by atoms with E-state index in [0.29, 0.717) is 5.52 Å². The minimum Gasteiger partial charge on any atom is -0.478 e. The number of aromatic carboxylic acids is 1. The Hall–Kier alpha value is -2.63. The fraction of sp³-hybridized carbons (Fsp3) is 0.154. The summed E-state index contributed by atoms with van der Waals surface area (Å²) < 4.78 is 3.49. The zero-order valence-electron chi connectivity index (χ0n) is 10.5. The Morgan fingerprint density at radius 1 is 1.32 bits per heavy atom. The molecule has 0 fully saturated rings. The number of aryl methyl sites for hydroxylation is 2. The molecule has 0 unspecified atom stereocenters. The summed E-state index contributed by atoms with van der Waals surface area (Å²) >= 11 is 0. The Labute approximate surface area is 108 Å². The Bertz CT molecular complexity index is 766. The maximum absolute atomic E-state index is 11.0. The highest BCUT2D eigenvalue weighted by molar-refractivity contribution is 5.95. The van der Waals surface area contributed by atoms with Crippen LogP contribution in [0.1, 0.15) is 16.2 Å². The van der Waals surface area contributed by atoms with Crippen LogP contribution in [-0.4, -0.2) is 30.2 Å². The average molecular weight is 256 g/mol. The molecule has 0 aliphatic heterocycles. The third kappa shape index (κ3) is 1.77. The molecule has 0 aliphatic carbocycles. The van der Waals surface area contributed by atoms with Gasteiger partial charge in [-0.25, -0.2) is 14.3 Å². The topological polar surface area (TPSA) is 72.4 Å². The number of imidazole rings is 1. The fourth-order valence-corrected chi connectivity index (χ4v) is 2.00. The standard InChI is InChI=1S/C13H12N4O2/c1-8-15-11(7-16(8)2)9-3-4-12-10(13(18)19)5-14-17(12)6-9/h3-7H,1-2H3,(H,18,19). The van der Waals surface area contributed by atoms with Crippen LogP contribution in [0.4, 0.5) is 0 Å². The van der Waals surface area contributed by atoms with E-state index in [-0.39, 0.29) is 5.56 Å². The lowest BCUT2D eigenvalue weighted by Gasteiger charge is -1.99. The van der Waals surface area contributed by atoms with Crippen LogP contribution < -0.4 is 0 Å². The number of carboxylic acid groups (broad SMARTS) is 1. The molecule has 3 rings (SSSR count). The number of carboxylic acids is 1. The van der Waals surface area contributed by atoms with E-state index in [1.54, 1.807) is 16.8 Å². The molecule has 96 valence electrons. The summed E-state index contributed by atoms with van der Waals surface area (Å²) in [6.45, 7) is 1.93. The lowest BCUT2D eigenvalue weighted by atomic mass is 10.2. The van der Waals surface area contributed by atoms with Crippen molar-refractivity contribution in [3.63, 3.8) is 0 Å². The second-order valence-electron chi connectivity index (χ2n) is 4.40. The van der Waals surface area contributed by atoms with Crippen molar-refractivity contribution in [2.24, 2.45) is 7.05 Å². The van der Waals surface area contributed by atoms with Gasteiger partial charge in [-0.05, 0) is 19.1 Å². The summed E-state index contributed by atoms with van der Waals surface area (Å²) in [6, 6.07) is 3.60. The predicted octanol–water partition coefficient (Wildman–Crippen LogP) is 1.74. The Balaban J connectivity index is 2.14. The van der Waals surface area contributed by atoms with Crippen molar-refractivity contribution >= 4 is 11.5 Å². The molecular formula is C13H12N4O2. The summed E-state index contributed by atoms with van der Waals surface area (Å²) in [4.78, 5) is 15.4. The van der Waals surface area contributed by atoms with E-state index in [4.69, 9.17) is 5.11 Å². The molecule has 0 radical (unpaired) electrons. The van der Waals surface area contributed by atoms with Gasteiger partial charge in [-0.15, -0.1) is 0 Å². The van der Waals surface area contributed by atoms with Gasteiger partial charge in [0.15, 0.2) is 0 Å². The molecule has 3 aromatic heterocycles. The molecule has 1 N–H and O–H groups in total. The molecule has 6 nitrogen and oxygen atoms in total. The zero-order chi connectivity index (χ0) is 13.6. The van der Waals surface area contributed by atoms with Gasteiger partial charge in [-0.2, -0.15) is 5.10 Å². The van der Waals surface area contributed by atoms with Gasteiger partial charge in [0.1, 0.15) is 11.4 Å². The fourth-order valence-electron chi connectivity index (χ4n) is 2.00. The summed E-state index contributed by atoms with van der Waals surface area (Å²) in [5.74, 6) is -0.0572. The summed E-state index contributed by atoms with van der Waals surface area (Å²) in [7, 11) is 1.93. The van der Waals surface area contributed by atoms with Crippen LogP contribution in [0.25, 0.3) is 16.8 Å². The molecule has 19 heavy (non-hydrogen) atoms. The third-order valence-corrected chi connectivity index (χ3v) is 3.15. The normalized spacial score (nSPS) is 11.1. The summed E-state index contributed by atoms with van der Waals surface area (Å²) in [6.07, 6.45) is 5.06. The van der Waals surface area contributed by atoms with Gasteiger partial charge in [0.25, 0.3) is 0 Å². The van der Waals surface area contributed by atoms with Crippen molar-refractivity contribution in [3.8, 4) is 11.3 Å². The van der Waals surface area contributed by atoms with Crippen molar-refractivity contribution in [1.29, 1.82) is 0 Å². The van der Waals surface area contributed by atoms with Gasteiger partial charge >= 0.3 is 5.97 Å². The van der Waals surface area contributed by atoms with Gasteiger partial charge in [0.2, 0.25) is 0 Å². The highest BCUT2D eigenvalue weighted by atomic mass is 16.4. The van der Waals surface area contributed by atoms with E-state index >= 15 is 0 Å². The Morgan fingerprint density at radius 3 is 2.74 bits per heavy atom. The van der Waals surface area contributed by atoms with Crippen molar-refractivity contribution in [1.82, 2.24) is 19.2 Å². The van der Waals surface area contributed by atoms with Crippen molar-refractivity contribution < 1.29 is 9.90 Å². The summed E-state index contributed by atoms with van der Waals surface area (Å²) in [5.41, 5.74) is 2.51. The zero-order valence-corrected chi connectivity index (χ0v) is 10.5. The largest absolute Gasteiger partial charge is 0.478 e. The van der Waals surface area contributed by atoms with E-state index in [1.165, 1.54) is 6.20 Å². The number of aromatic nitrogens is 4. The van der Waals surface area contributed by atoms with Crippen LogP contribution in [0.5, 0.6) is 0 Å². The van der Waals surface area contributed by atoms with Crippen LogP contribution in [0.15, 0.2) is 30.7 Å². The molecule has 0 atom stereocenters. The molecule has 0 aliphatic rings. The first kappa shape index (κ1) is 11.5. The average Bonchev–Trinajstić information content (AvgIpc) is 2.93. The first-order chi connectivity index (χ1) is 9.06. The van der Waals surface area contributed by atoms with Gasteiger partial charge in [-0.1, -0.05) is 0 Å². The van der Waals surface area contributed by atoms with Gasteiger partial charge < -0.3 is 9.67 Å². The predicted molar refractivity (Wildman–Crippen MR) is 69.1 cm³/mol. The van der Waals surface area contributed by atoms with E-state index < -0.39 is 5.97 Å². The smallest absolute Gasteiger partial charge is 0.339 e. The molecule has 0 saturated heterocycles. The minimum absolute atomic E-state index is 0.198. The van der Waals surface area contributed by atoms with E-state index in [2.05, 4.69) is 10.1 Å². The molecule has 0 bridgehead atoms. The van der Waals surface area contributed by atoms with Crippen molar-refractivity contribution in [2.75, 3.05) is 0 Å². The highest BCUT2D eigenvalue weighted by Crippen LogP contribution is 2.20. The highest BCUT2D eigenvalue weighted by Gasteiger charge is 2.12. The maximum Gasteiger partial charge on any atom is 0.339 e. The van der Waals surface area contributed by atoms with Crippen LogP contribution in [0, 0.1) is 6.92 Å². The number of hydrogen-bond acceptors (Lipinski definition) is 3. The lowest BCUT2D eigenvalue weighted by Crippen LogP contribution is -1.95. The van der Waals surface area contributed by atoms with E-state index in [0.717, 1.165) is 17.1 Å². The van der Waals surface area contributed by atoms with Crippen molar-refractivity contribution in [3.05, 3.63) is 42.1 Å². The summed E-state index contributed by atoms with van der Waals surface area (Å²) in [5, 5.41) is 13.1. The molecule has 0 amide bonds. The van der Waals surface area contributed by atoms with Gasteiger partial charge in [-0.3, -0.25) is 0 Å². The van der Waals surface area contributed by atoms with E-state index in [1.807, 2.05) is 30.8 Å². The molecular weight excluding hydrogens is 244 g/mol. The van der Waals surface area contributed by atoms with Gasteiger partial charge in [0.05, 0.1) is 17.4 Å². The Kier molecular flexibility index (Phi) is 2.38.